The smallest absolute Gasteiger partial charge is 0.410 e. The van der Waals surface area contributed by atoms with Crippen LogP contribution in [0.1, 0.15) is 81.9 Å². The molecule has 1 aromatic carbocycles. The third kappa shape index (κ3) is 5.64. The number of imidazole rings is 1. The lowest BCUT2D eigenvalue weighted by atomic mass is 9.80. The van der Waals surface area contributed by atoms with Crippen LogP contribution in [0.3, 0.4) is 0 Å². The lowest BCUT2D eigenvalue weighted by molar-refractivity contribution is 0.200. The molecule has 9 nitrogen and oxygen atoms in total. The number of hydrogen-bond donors (Lipinski definition) is 4. The van der Waals surface area contributed by atoms with E-state index >= 15 is 0 Å². The van der Waals surface area contributed by atoms with Crippen LogP contribution in [0.4, 0.5) is 15.0 Å². The van der Waals surface area contributed by atoms with Crippen LogP contribution in [-0.2, 0) is 6.54 Å². The van der Waals surface area contributed by atoms with Crippen molar-refractivity contribution in [2.24, 2.45) is 17.8 Å². The molecule has 0 bridgehead atoms. The van der Waals surface area contributed by atoms with Gasteiger partial charge in [-0.3, -0.25) is 10.7 Å². The van der Waals surface area contributed by atoms with E-state index in [1.165, 1.54) is 12.5 Å². The molecule has 3 aromatic rings. The van der Waals surface area contributed by atoms with Gasteiger partial charge in [-0.25, -0.2) is 24.1 Å². The first-order chi connectivity index (χ1) is 19.2. The van der Waals surface area contributed by atoms with Crippen molar-refractivity contribution in [3.63, 3.8) is 0 Å². The topological polar surface area (TPSA) is 129 Å². The second-order valence-corrected chi connectivity index (χ2v) is 11.2. The number of amides is 1. The van der Waals surface area contributed by atoms with Crippen LogP contribution in [0.25, 0.3) is 11.2 Å². The summed E-state index contributed by atoms with van der Waals surface area (Å²) < 4.78 is 17.1. The summed E-state index contributed by atoms with van der Waals surface area (Å²) >= 11 is 0. The number of anilines is 1. The van der Waals surface area contributed by atoms with E-state index in [1.54, 1.807) is 12.1 Å². The van der Waals surface area contributed by atoms with E-state index in [0.29, 0.717) is 52.7 Å². The van der Waals surface area contributed by atoms with Gasteiger partial charge in [-0.05, 0) is 68.9 Å². The number of amidine groups is 1. The van der Waals surface area contributed by atoms with Crippen LogP contribution in [-0.4, -0.2) is 42.6 Å². The van der Waals surface area contributed by atoms with E-state index in [4.69, 9.17) is 16.8 Å². The van der Waals surface area contributed by atoms with Crippen LogP contribution >= 0.6 is 0 Å². The number of halogens is 1. The van der Waals surface area contributed by atoms with E-state index < -0.39 is 11.9 Å². The zero-order chi connectivity index (χ0) is 28.4. The van der Waals surface area contributed by atoms with Crippen LogP contribution in [0.5, 0.6) is 0 Å². The van der Waals surface area contributed by atoms with Crippen molar-refractivity contribution in [3.05, 3.63) is 47.3 Å². The Kier molecular flexibility index (Phi) is 8.01. The van der Waals surface area contributed by atoms with Gasteiger partial charge in [0.15, 0.2) is 23.1 Å². The average Bonchev–Trinajstić information content (AvgIpc) is 3.26. The molecular formula is C30H36FN7O2. The third-order valence-corrected chi connectivity index (χ3v) is 8.59. The molecule has 0 saturated heterocycles. The molecule has 0 radical (unpaired) electrons. The Bertz CT molecular complexity index is 1450. The molecule has 40 heavy (non-hydrogen) atoms. The zero-order valence-corrected chi connectivity index (χ0v) is 23.0. The summed E-state index contributed by atoms with van der Waals surface area (Å²) in [5.41, 5.74) is 1.57. The Balaban J connectivity index is 1.64. The molecule has 2 fully saturated rings. The maximum atomic E-state index is 14.9. The van der Waals surface area contributed by atoms with Crippen molar-refractivity contribution in [3.8, 4) is 12.3 Å². The fourth-order valence-electron chi connectivity index (χ4n) is 5.95. The first kappa shape index (κ1) is 27.6. The Hall–Kier alpha value is -4.00. The number of carboxylic acid groups (broad SMARTS) is 1. The van der Waals surface area contributed by atoms with Gasteiger partial charge in [0.25, 0.3) is 0 Å². The van der Waals surface area contributed by atoms with E-state index in [2.05, 4.69) is 32.7 Å². The second-order valence-electron chi connectivity index (χ2n) is 11.2. The van der Waals surface area contributed by atoms with Gasteiger partial charge in [-0.15, -0.1) is 12.3 Å². The maximum Gasteiger partial charge on any atom is 0.410 e. The standard InChI is InChI=1S/C30H36FN7O2/c1-4-19-12-14-20(15-13-19)16-38-24-26(33-18(3)21-8-7-9-21)35-28(25(32)34-30(39)40)36-27(24)37-29(38)17(2)22-10-5-6-11-23(22)31/h1,5-6,10-11,17-21H,7-9,12-16H2,2-3H3,(H2,32,34)(H,39,40)(H,33,35,36)/t17?,18-,19-,20-/m1/s1. The van der Waals surface area contributed by atoms with Gasteiger partial charge in [0.1, 0.15) is 17.2 Å². The van der Waals surface area contributed by atoms with E-state index in [0.717, 1.165) is 38.5 Å². The number of fused-ring (bicyclic) bond motifs is 1. The van der Waals surface area contributed by atoms with Gasteiger partial charge < -0.3 is 15.0 Å². The van der Waals surface area contributed by atoms with Gasteiger partial charge in [0.05, 0.1) is 0 Å². The minimum Gasteiger partial charge on any atom is -0.465 e. The number of hydrogen-bond acceptors (Lipinski definition) is 6. The fraction of sp³-hybridized carbons (Fsp3) is 0.500. The monoisotopic (exact) mass is 545 g/mol. The summed E-state index contributed by atoms with van der Waals surface area (Å²) in [5, 5.41) is 23.0. The zero-order valence-electron chi connectivity index (χ0n) is 23.0. The number of aromatic nitrogens is 4. The molecule has 5 rings (SSSR count). The molecule has 1 amide bonds. The largest absolute Gasteiger partial charge is 0.465 e. The van der Waals surface area contributed by atoms with Crippen LogP contribution in [0.2, 0.25) is 0 Å². The Morgan fingerprint density at radius 3 is 2.52 bits per heavy atom. The highest BCUT2D eigenvalue weighted by molar-refractivity contribution is 6.03. The summed E-state index contributed by atoms with van der Waals surface area (Å²) in [6, 6.07) is 6.81. The van der Waals surface area contributed by atoms with E-state index in [9.17, 15) is 14.3 Å². The number of benzene rings is 1. The Labute approximate surface area is 233 Å². The minimum absolute atomic E-state index is 0.0671. The first-order valence-corrected chi connectivity index (χ1v) is 14.1. The van der Waals surface area contributed by atoms with Gasteiger partial charge >= 0.3 is 6.09 Å². The Morgan fingerprint density at radius 1 is 1.18 bits per heavy atom. The van der Waals surface area contributed by atoms with E-state index in [1.807, 2.05) is 18.3 Å². The highest BCUT2D eigenvalue weighted by Crippen LogP contribution is 2.36. The molecule has 10 heteroatoms. The average molecular weight is 546 g/mol. The summed E-state index contributed by atoms with van der Waals surface area (Å²) in [6.45, 7) is 4.70. The number of nitrogens with zero attached hydrogens (tertiary/aromatic N) is 4. The first-order valence-electron chi connectivity index (χ1n) is 14.1. The van der Waals surface area contributed by atoms with Crippen LogP contribution in [0, 0.1) is 41.3 Å². The molecule has 1 unspecified atom stereocenters. The van der Waals surface area contributed by atoms with Crippen molar-refractivity contribution < 1.29 is 14.3 Å². The normalized spacial score (nSPS) is 20.8. The van der Waals surface area contributed by atoms with Crippen molar-refractivity contribution in [2.45, 2.75) is 77.3 Å². The molecule has 0 aliphatic heterocycles. The molecule has 2 atom stereocenters. The summed E-state index contributed by atoms with van der Waals surface area (Å²) in [6.07, 6.45) is 11.7. The molecule has 4 N–H and O–H groups in total. The molecule has 2 aliphatic carbocycles. The highest BCUT2D eigenvalue weighted by Gasteiger charge is 2.30. The predicted octanol–water partition coefficient (Wildman–Crippen LogP) is 5.75. The van der Waals surface area contributed by atoms with Crippen molar-refractivity contribution in [1.82, 2.24) is 24.8 Å². The SMILES string of the molecule is C#C[C@H]1CC[C@H](Cn2c(C(C)c3ccccc3F)nc3nc(C(=N)NC(=O)O)nc(N[C@H](C)C4CCC4)c32)CC1. The van der Waals surface area contributed by atoms with Crippen molar-refractivity contribution >= 4 is 28.9 Å². The van der Waals surface area contributed by atoms with Gasteiger partial charge in [0, 0.05) is 24.4 Å². The van der Waals surface area contributed by atoms with Crippen LogP contribution in [0.15, 0.2) is 24.3 Å². The van der Waals surface area contributed by atoms with Crippen molar-refractivity contribution in [2.75, 3.05) is 5.32 Å². The highest BCUT2D eigenvalue weighted by atomic mass is 19.1. The van der Waals surface area contributed by atoms with Gasteiger partial charge in [-0.2, -0.15) is 0 Å². The molecule has 2 aromatic heterocycles. The number of terminal acetylenes is 1. The van der Waals surface area contributed by atoms with Crippen LogP contribution < -0.4 is 10.6 Å². The summed E-state index contributed by atoms with van der Waals surface area (Å²) in [4.78, 5) is 25.3. The molecule has 2 saturated carbocycles. The Morgan fingerprint density at radius 2 is 1.90 bits per heavy atom. The van der Waals surface area contributed by atoms with Crippen molar-refractivity contribution in [1.29, 1.82) is 5.41 Å². The maximum absolute atomic E-state index is 14.9. The fourth-order valence-corrected chi connectivity index (χ4v) is 5.95. The number of rotatable bonds is 8. The lowest BCUT2D eigenvalue weighted by Crippen LogP contribution is -2.33. The van der Waals surface area contributed by atoms with Gasteiger partial charge in [0.2, 0.25) is 0 Å². The molecule has 2 aliphatic rings. The molecule has 0 spiro atoms. The molecule has 210 valence electrons. The second kappa shape index (κ2) is 11.6. The summed E-state index contributed by atoms with van der Waals surface area (Å²) in [7, 11) is 0. The minimum atomic E-state index is -1.37. The third-order valence-electron chi connectivity index (χ3n) is 8.59. The summed E-state index contributed by atoms with van der Waals surface area (Å²) in [5.74, 6) is 4.03. The van der Waals surface area contributed by atoms with E-state index in [-0.39, 0.29) is 23.6 Å². The molecular weight excluding hydrogens is 509 g/mol. The predicted molar refractivity (Wildman–Crippen MR) is 152 cm³/mol. The number of carbonyl (C=O) groups is 1. The number of nitrogens with one attached hydrogen (secondary N) is 3. The van der Waals surface area contributed by atoms with Gasteiger partial charge in [-0.1, -0.05) is 31.5 Å². The quantitative estimate of drug-likeness (QED) is 0.162. The lowest BCUT2D eigenvalue weighted by Gasteiger charge is -2.32. The molecule has 2 heterocycles.